The highest BCUT2D eigenvalue weighted by Crippen LogP contribution is 2.42. The molecule has 0 aliphatic carbocycles. The molecular weight excluding hydrogens is 430 g/mol. The van der Waals surface area contributed by atoms with E-state index < -0.39 is 24.6 Å². The average Bonchev–Trinajstić information content (AvgIpc) is 3.19. The first-order chi connectivity index (χ1) is 13.7. The van der Waals surface area contributed by atoms with Gasteiger partial charge in [-0.25, -0.2) is 9.48 Å². The molecule has 154 valence electrons. The molecule has 11 heteroatoms. The van der Waals surface area contributed by atoms with Crippen LogP contribution in [0, 0.1) is 5.82 Å². The lowest BCUT2D eigenvalue weighted by molar-refractivity contribution is 0.0551. The Morgan fingerprint density at radius 1 is 1.21 bits per heavy atom. The fraction of sp³-hybridized carbons (Fsp3) is 0.222. The molecule has 0 fully saturated rings. The summed E-state index contributed by atoms with van der Waals surface area (Å²) < 4.78 is 63.0. The van der Waals surface area contributed by atoms with Gasteiger partial charge in [-0.05, 0) is 36.7 Å². The third-order valence-corrected chi connectivity index (χ3v) is 6.22. The Morgan fingerprint density at radius 3 is 2.48 bits per heavy atom. The van der Waals surface area contributed by atoms with Crippen LogP contribution in [0.1, 0.15) is 18.4 Å². The van der Waals surface area contributed by atoms with Crippen molar-refractivity contribution < 1.29 is 26.8 Å². The van der Waals surface area contributed by atoms with Crippen molar-refractivity contribution in [2.45, 2.75) is 18.9 Å². The maximum atomic E-state index is 13.8. The maximum Gasteiger partial charge on any atom is 0.400 e. The SMILES string of the molecule is CCOP(=O)(NCc1ccccc1F)c1ccc(-c2noc(C(F)(F)Cl)n2)cc1. The molecule has 0 radical (unpaired) electrons. The summed E-state index contributed by atoms with van der Waals surface area (Å²) >= 11 is 4.86. The second-order valence-corrected chi connectivity index (χ2v) is 8.53. The van der Waals surface area contributed by atoms with Crippen LogP contribution >= 0.6 is 19.1 Å². The van der Waals surface area contributed by atoms with Crippen molar-refractivity contribution in [1.29, 1.82) is 0 Å². The van der Waals surface area contributed by atoms with Gasteiger partial charge in [-0.15, -0.1) is 0 Å². The molecule has 1 heterocycles. The molecule has 0 saturated heterocycles. The molecule has 0 amide bonds. The Bertz CT molecular complexity index is 1020. The molecule has 1 atom stereocenters. The number of hydrogen-bond donors (Lipinski definition) is 1. The summed E-state index contributed by atoms with van der Waals surface area (Å²) in [6.45, 7) is 1.83. The van der Waals surface area contributed by atoms with Gasteiger partial charge in [0.15, 0.2) is 0 Å². The lowest BCUT2D eigenvalue weighted by atomic mass is 10.2. The van der Waals surface area contributed by atoms with Gasteiger partial charge in [0, 0.05) is 17.7 Å². The quantitative estimate of drug-likeness (QED) is 0.396. The Morgan fingerprint density at radius 2 is 1.90 bits per heavy atom. The van der Waals surface area contributed by atoms with Crippen molar-refractivity contribution in [3.05, 3.63) is 65.8 Å². The van der Waals surface area contributed by atoms with Crippen LogP contribution in [0.4, 0.5) is 13.2 Å². The zero-order valence-electron chi connectivity index (χ0n) is 15.1. The summed E-state index contributed by atoms with van der Waals surface area (Å²) in [4.78, 5) is 3.55. The fourth-order valence-electron chi connectivity index (χ4n) is 2.49. The molecule has 29 heavy (non-hydrogen) atoms. The normalized spacial score (nSPS) is 14.0. The highest BCUT2D eigenvalue weighted by Gasteiger charge is 2.35. The van der Waals surface area contributed by atoms with Crippen molar-refractivity contribution in [2.24, 2.45) is 0 Å². The molecule has 6 nitrogen and oxygen atoms in total. The van der Waals surface area contributed by atoms with Gasteiger partial charge in [-0.1, -0.05) is 35.5 Å². The van der Waals surface area contributed by atoms with Gasteiger partial charge in [0.05, 0.1) is 11.9 Å². The standard InChI is InChI=1S/C18H16ClF3N3O3P/c1-2-27-29(26,23-11-13-5-3-4-6-15(13)20)14-9-7-12(8-10-14)16-24-17(28-25-16)18(19,21)22/h3-10H,2,11H2,1H3,(H,23,26). The van der Waals surface area contributed by atoms with Crippen molar-refractivity contribution in [2.75, 3.05) is 6.61 Å². The van der Waals surface area contributed by atoms with Crippen LogP contribution in [0.15, 0.2) is 53.1 Å². The smallest absolute Gasteiger partial charge is 0.331 e. The second kappa shape index (κ2) is 8.67. The van der Waals surface area contributed by atoms with Gasteiger partial charge in [0.1, 0.15) is 5.82 Å². The summed E-state index contributed by atoms with van der Waals surface area (Å²) in [7, 11) is -3.51. The van der Waals surface area contributed by atoms with E-state index in [2.05, 4.69) is 19.8 Å². The van der Waals surface area contributed by atoms with Gasteiger partial charge in [0.2, 0.25) is 5.82 Å². The molecule has 1 unspecified atom stereocenters. The third-order valence-electron chi connectivity index (χ3n) is 3.88. The van der Waals surface area contributed by atoms with Crippen molar-refractivity contribution in [3.63, 3.8) is 0 Å². The minimum atomic E-state index is -3.77. The fourth-order valence-corrected chi connectivity index (χ4v) is 4.27. The average molecular weight is 446 g/mol. The number of rotatable bonds is 8. The van der Waals surface area contributed by atoms with E-state index >= 15 is 0 Å². The predicted molar refractivity (Wildman–Crippen MR) is 102 cm³/mol. The van der Waals surface area contributed by atoms with E-state index in [0.29, 0.717) is 16.4 Å². The molecule has 1 N–H and O–H groups in total. The van der Waals surface area contributed by atoms with Crippen molar-refractivity contribution >= 4 is 24.4 Å². The largest absolute Gasteiger partial charge is 0.400 e. The number of alkyl halides is 3. The van der Waals surface area contributed by atoms with E-state index in [1.165, 1.54) is 30.3 Å². The van der Waals surface area contributed by atoms with Gasteiger partial charge >= 0.3 is 11.3 Å². The zero-order valence-corrected chi connectivity index (χ0v) is 16.8. The van der Waals surface area contributed by atoms with Crippen LogP contribution in [0.5, 0.6) is 0 Å². The van der Waals surface area contributed by atoms with E-state index in [-0.39, 0.29) is 19.0 Å². The predicted octanol–water partition coefficient (Wildman–Crippen LogP) is 4.81. The summed E-state index contributed by atoms with van der Waals surface area (Å²) in [5, 5.41) is 2.78. The van der Waals surface area contributed by atoms with Crippen LogP contribution in [-0.4, -0.2) is 16.7 Å². The van der Waals surface area contributed by atoms with E-state index in [1.54, 1.807) is 25.1 Å². The van der Waals surface area contributed by atoms with Gasteiger partial charge in [-0.3, -0.25) is 4.57 Å². The molecule has 1 aromatic heterocycles. The topological polar surface area (TPSA) is 77.2 Å². The molecule has 0 aliphatic heterocycles. The van der Waals surface area contributed by atoms with Crippen molar-refractivity contribution in [3.8, 4) is 11.4 Å². The summed E-state index contributed by atoms with van der Waals surface area (Å²) in [5.74, 6) is -1.55. The van der Waals surface area contributed by atoms with Crippen LogP contribution in [0.2, 0.25) is 0 Å². The van der Waals surface area contributed by atoms with E-state index in [0.717, 1.165) is 0 Å². The Hall–Kier alpha value is -2.19. The number of nitrogens with zero attached hydrogens (tertiary/aromatic N) is 2. The summed E-state index contributed by atoms with van der Waals surface area (Å²) in [6.07, 6.45) is 0. The van der Waals surface area contributed by atoms with Gasteiger partial charge in [0.25, 0.3) is 7.52 Å². The molecular formula is C18H16ClF3N3O3P. The van der Waals surface area contributed by atoms with E-state index in [4.69, 9.17) is 16.1 Å². The van der Waals surface area contributed by atoms with Crippen LogP contribution in [-0.2, 0) is 21.0 Å². The lowest BCUT2D eigenvalue weighted by Crippen LogP contribution is -2.21. The first-order valence-corrected chi connectivity index (χ1v) is 10.5. The minimum Gasteiger partial charge on any atom is -0.331 e. The van der Waals surface area contributed by atoms with Crippen LogP contribution < -0.4 is 10.4 Å². The third kappa shape index (κ3) is 5.05. The molecule has 3 aromatic rings. The number of benzene rings is 2. The Kier molecular flexibility index (Phi) is 6.43. The van der Waals surface area contributed by atoms with Gasteiger partial charge in [-0.2, -0.15) is 13.8 Å². The number of halogens is 4. The molecule has 0 bridgehead atoms. The highest BCUT2D eigenvalue weighted by molar-refractivity contribution is 7.65. The van der Waals surface area contributed by atoms with Gasteiger partial charge < -0.3 is 9.05 Å². The van der Waals surface area contributed by atoms with Crippen molar-refractivity contribution in [1.82, 2.24) is 15.2 Å². The van der Waals surface area contributed by atoms with Crippen LogP contribution in [0.3, 0.4) is 0 Å². The van der Waals surface area contributed by atoms with E-state index in [1.807, 2.05) is 0 Å². The minimum absolute atomic E-state index is 0.00922. The monoisotopic (exact) mass is 445 g/mol. The zero-order chi connectivity index (χ0) is 21.1. The Labute approximate surface area is 169 Å². The Balaban J connectivity index is 1.81. The van der Waals surface area contributed by atoms with Crippen LogP contribution in [0.25, 0.3) is 11.4 Å². The molecule has 0 spiro atoms. The highest BCUT2D eigenvalue weighted by atomic mass is 35.5. The first-order valence-electron chi connectivity index (χ1n) is 8.48. The lowest BCUT2D eigenvalue weighted by Gasteiger charge is -2.19. The summed E-state index contributed by atoms with van der Waals surface area (Å²) in [6, 6.07) is 12.0. The summed E-state index contributed by atoms with van der Waals surface area (Å²) in [5.41, 5.74) is 0.687. The molecule has 0 aliphatic rings. The maximum absolute atomic E-state index is 13.8. The van der Waals surface area contributed by atoms with E-state index in [9.17, 15) is 17.7 Å². The number of aromatic nitrogens is 2. The molecule has 3 rings (SSSR count). The number of hydrogen-bond acceptors (Lipinski definition) is 5. The first kappa shape index (κ1) is 21.5. The second-order valence-electron chi connectivity index (χ2n) is 5.86. The number of nitrogens with one attached hydrogen (secondary N) is 1. The molecule has 2 aromatic carbocycles. The molecule has 0 saturated carbocycles.